The van der Waals surface area contributed by atoms with Crippen LogP contribution in [0.2, 0.25) is 0 Å². The van der Waals surface area contributed by atoms with Gasteiger partial charge in [0.1, 0.15) is 0 Å². The number of hydrogen-bond donors (Lipinski definition) is 0. The van der Waals surface area contributed by atoms with Gasteiger partial charge in [0.05, 0.1) is 30.3 Å². The van der Waals surface area contributed by atoms with Crippen LogP contribution < -0.4 is 0 Å². The zero-order chi connectivity index (χ0) is 8.74. The smallest absolute Gasteiger partial charge is 0.315 e. The molecule has 0 heterocycles. The Balaban J connectivity index is 3.84. The highest BCUT2D eigenvalue weighted by Gasteiger charge is 2.31. The molecule has 3 nitrogen and oxygen atoms in total. The topological polar surface area (TPSA) is 27.7 Å². The summed E-state index contributed by atoms with van der Waals surface area (Å²) >= 11 is 10.3. The van der Waals surface area contributed by atoms with Crippen LogP contribution in [0.3, 0.4) is 0 Å². The summed E-state index contributed by atoms with van der Waals surface area (Å²) in [6, 6.07) is 0. The molecule has 0 aliphatic rings. The Morgan fingerprint density at radius 1 is 1.18 bits per heavy atom. The molecule has 5 heteroatoms. The summed E-state index contributed by atoms with van der Waals surface area (Å²) in [5.41, 5.74) is 0. The van der Waals surface area contributed by atoms with E-state index >= 15 is 0 Å². The predicted octanol–water partition coefficient (Wildman–Crippen LogP) is 2.82. The molecule has 0 bridgehead atoms. The van der Waals surface area contributed by atoms with Crippen molar-refractivity contribution in [3.05, 3.63) is 0 Å². The molecule has 0 rings (SSSR count). The molecular weight excluding hydrogens is 191 g/mol. The first-order valence-electron chi connectivity index (χ1n) is 3.48. The molecule has 68 valence electrons. The van der Waals surface area contributed by atoms with Crippen molar-refractivity contribution in [3.8, 4) is 0 Å². The van der Waals surface area contributed by atoms with Crippen molar-refractivity contribution in [2.45, 2.75) is 32.7 Å². The molecule has 0 amide bonds. The second-order valence-electron chi connectivity index (χ2n) is 2.04. The maximum atomic E-state index is 5.13. The molecule has 0 spiro atoms. The summed E-state index contributed by atoms with van der Waals surface area (Å²) < 4.78 is 14.0. The minimum atomic E-state index is -1.29. The Kier molecular flexibility index (Phi) is 6.28. The molecule has 0 unspecified atom stereocenters. The van der Waals surface area contributed by atoms with E-state index in [-0.39, 0.29) is 0 Å². The second-order valence-corrected chi connectivity index (χ2v) is 2.35. The molecule has 0 aliphatic carbocycles. The first-order chi connectivity index (χ1) is 5.24. The van der Waals surface area contributed by atoms with Crippen LogP contribution in [0, 0.1) is 0 Å². The van der Waals surface area contributed by atoms with Crippen LogP contribution in [0.25, 0.3) is 0 Å². The van der Waals surface area contributed by atoms with Crippen molar-refractivity contribution in [1.82, 2.24) is 0 Å². The third-order valence-corrected chi connectivity index (χ3v) is 1.66. The molecule has 0 radical (unpaired) electrons. The molecule has 11 heavy (non-hydrogen) atoms. The summed E-state index contributed by atoms with van der Waals surface area (Å²) in [4.78, 5) is 0. The van der Waals surface area contributed by atoms with E-state index in [1.54, 1.807) is 6.92 Å². The average Bonchev–Trinajstić information content (AvgIpc) is 2.08. The Morgan fingerprint density at radius 2 is 1.73 bits per heavy atom. The number of ether oxygens (including phenoxy) is 1. The normalized spacial score (nSPS) is 12.0. The summed E-state index contributed by atoms with van der Waals surface area (Å²) in [6.45, 7) is 4.25. The van der Waals surface area contributed by atoms with Gasteiger partial charge in [-0.3, -0.25) is 0 Å². The van der Waals surface area contributed by atoms with E-state index < -0.39 is 5.97 Å². The molecule has 0 atom stereocenters. The summed E-state index contributed by atoms with van der Waals surface area (Å²) in [5, 5.41) is 0. The lowest BCUT2D eigenvalue weighted by Crippen LogP contribution is -2.33. The van der Waals surface area contributed by atoms with Gasteiger partial charge in [-0.05, 0) is 6.42 Å². The van der Waals surface area contributed by atoms with E-state index in [0.29, 0.717) is 13.0 Å². The highest BCUT2D eigenvalue weighted by atomic mass is 35.5. The van der Waals surface area contributed by atoms with E-state index in [4.69, 9.17) is 28.5 Å². The van der Waals surface area contributed by atoms with Gasteiger partial charge in [0, 0.05) is 6.42 Å². The van der Waals surface area contributed by atoms with Crippen molar-refractivity contribution in [2.24, 2.45) is 0 Å². The number of halogens is 2. The van der Waals surface area contributed by atoms with E-state index in [1.807, 2.05) is 6.92 Å². The standard InChI is InChI=1S/C6H12Cl2O3/c1-3-5-9-6(4-2,10-7)11-8/h3-5H2,1-2H3. The zero-order valence-corrected chi connectivity index (χ0v) is 8.11. The largest absolute Gasteiger partial charge is 0.325 e. The van der Waals surface area contributed by atoms with Gasteiger partial charge in [-0.2, -0.15) is 0 Å². The average molecular weight is 203 g/mol. The quantitative estimate of drug-likeness (QED) is 0.621. The van der Waals surface area contributed by atoms with Crippen LogP contribution in [0.15, 0.2) is 0 Å². The maximum Gasteiger partial charge on any atom is 0.315 e. The van der Waals surface area contributed by atoms with Gasteiger partial charge in [0.15, 0.2) is 0 Å². The fraction of sp³-hybridized carbons (Fsp3) is 1.00. The number of hydrogen-bond acceptors (Lipinski definition) is 3. The van der Waals surface area contributed by atoms with E-state index in [1.165, 1.54) is 0 Å². The third kappa shape index (κ3) is 3.58. The minimum absolute atomic E-state index is 0.431. The Bertz CT molecular complexity index is 87.6. The lowest BCUT2D eigenvalue weighted by atomic mass is 10.4. The van der Waals surface area contributed by atoms with Crippen LogP contribution in [-0.4, -0.2) is 12.6 Å². The molecule has 0 saturated carbocycles. The fourth-order valence-corrected chi connectivity index (χ4v) is 0.928. The van der Waals surface area contributed by atoms with Gasteiger partial charge in [-0.15, -0.1) is 0 Å². The molecule has 0 aliphatic heterocycles. The number of rotatable bonds is 6. The first kappa shape index (κ1) is 11.5. The van der Waals surface area contributed by atoms with Crippen molar-refractivity contribution in [3.63, 3.8) is 0 Å². The van der Waals surface area contributed by atoms with E-state index in [9.17, 15) is 0 Å². The van der Waals surface area contributed by atoms with E-state index in [2.05, 4.69) is 8.58 Å². The first-order valence-corrected chi connectivity index (χ1v) is 4.09. The van der Waals surface area contributed by atoms with Gasteiger partial charge in [-0.1, -0.05) is 13.8 Å². The van der Waals surface area contributed by atoms with Crippen LogP contribution in [0.5, 0.6) is 0 Å². The monoisotopic (exact) mass is 202 g/mol. The van der Waals surface area contributed by atoms with Crippen molar-refractivity contribution < 1.29 is 13.3 Å². The van der Waals surface area contributed by atoms with Crippen LogP contribution in [-0.2, 0) is 13.3 Å². The van der Waals surface area contributed by atoms with Gasteiger partial charge in [0.2, 0.25) is 0 Å². The van der Waals surface area contributed by atoms with Crippen LogP contribution in [0.1, 0.15) is 26.7 Å². The van der Waals surface area contributed by atoms with Gasteiger partial charge in [0.25, 0.3) is 0 Å². The van der Waals surface area contributed by atoms with Gasteiger partial charge < -0.3 is 4.74 Å². The molecule has 0 aromatic heterocycles. The predicted molar refractivity (Wildman–Crippen MR) is 43.1 cm³/mol. The Morgan fingerprint density at radius 3 is 2.00 bits per heavy atom. The van der Waals surface area contributed by atoms with Crippen LogP contribution in [0.4, 0.5) is 0 Å². The summed E-state index contributed by atoms with van der Waals surface area (Å²) in [6.07, 6.45) is 1.28. The third-order valence-electron chi connectivity index (χ3n) is 1.19. The summed E-state index contributed by atoms with van der Waals surface area (Å²) in [7, 11) is 0. The second kappa shape index (κ2) is 6.03. The molecule has 0 aromatic carbocycles. The molecular formula is C6H12Cl2O3. The lowest BCUT2D eigenvalue weighted by Gasteiger charge is -2.24. The maximum absolute atomic E-state index is 5.13. The van der Waals surface area contributed by atoms with Crippen molar-refractivity contribution in [2.75, 3.05) is 6.61 Å². The molecule has 0 aromatic rings. The minimum Gasteiger partial charge on any atom is -0.325 e. The van der Waals surface area contributed by atoms with Gasteiger partial charge >= 0.3 is 5.97 Å². The lowest BCUT2D eigenvalue weighted by molar-refractivity contribution is -0.300. The van der Waals surface area contributed by atoms with Crippen LogP contribution >= 0.6 is 23.7 Å². The van der Waals surface area contributed by atoms with E-state index in [0.717, 1.165) is 6.42 Å². The Hall–Kier alpha value is 0.460. The highest BCUT2D eigenvalue weighted by molar-refractivity contribution is 6.09. The molecule has 0 fully saturated rings. The SMILES string of the molecule is CCCOC(CC)(OCl)OCl. The fourth-order valence-electron chi connectivity index (χ4n) is 0.525. The van der Waals surface area contributed by atoms with Crippen molar-refractivity contribution in [1.29, 1.82) is 0 Å². The molecule has 0 N–H and O–H groups in total. The Labute approximate surface area is 76.9 Å². The van der Waals surface area contributed by atoms with Gasteiger partial charge in [-0.25, -0.2) is 8.58 Å². The highest BCUT2D eigenvalue weighted by Crippen LogP contribution is 2.23. The zero-order valence-electron chi connectivity index (χ0n) is 6.60. The summed E-state index contributed by atoms with van der Waals surface area (Å²) in [5.74, 6) is -1.29. The molecule has 0 saturated heterocycles. The van der Waals surface area contributed by atoms with Crippen molar-refractivity contribution >= 4 is 23.7 Å².